The third-order valence-corrected chi connectivity index (χ3v) is 5.29. The van der Waals surface area contributed by atoms with Crippen molar-refractivity contribution in [1.29, 1.82) is 0 Å². The highest BCUT2D eigenvalue weighted by molar-refractivity contribution is 7.27. The van der Waals surface area contributed by atoms with Crippen LogP contribution in [0.25, 0.3) is 5.57 Å². The molecule has 0 saturated carbocycles. The van der Waals surface area contributed by atoms with Gasteiger partial charge >= 0.3 is 0 Å². The van der Waals surface area contributed by atoms with Gasteiger partial charge in [-0.05, 0) is 81.7 Å². The maximum absolute atomic E-state index is 2.89. The summed E-state index contributed by atoms with van der Waals surface area (Å²) < 4.78 is 0. The van der Waals surface area contributed by atoms with Gasteiger partial charge in [0.05, 0.1) is 0 Å². The van der Waals surface area contributed by atoms with Crippen LogP contribution >= 0.6 is 9.24 Å². The van der Waals surface area contributed by atoms with Crippen molar-refractivity contribution in [3.63, 3.8) is 0 Å². The van der Waals surface area contributed by atoms with E-state index in [2.05, 4.69) is 72.3 Å². The molecule has 0 amide bonds. The summed E-state index contributed by atoms with van der Waals surface area (Å²) in [4.78, 5) is 2.44. The molecule has 1 nitrogen and oxygen atoms in total. The van der Waals surface area contributed by atoms with E-state index in [1.807, 2.05) is 0 Å². The molecular weight excluding hydrogens is 273 g/mol. The minimum absolute atomic E-state index is 0.718. The topological polar surface area (TPSA) is 3.24 Å². The standard InChI is InChI=1S/C19H28NP/c1-5-14(2)19(17-8-6-7-9-18(17)21)15(3)16-10-12-20(4)13-11-16/h5-9,16H,10-13,21H2,1-4H3/b14-5+,19-15-. The number of hydrogen-bond donors (Lipinski definition) is 0. The second kappa shape index (κ2) is 7.38. The number of allylic oxidation sites excluding steroid dienone is 4. The average Bonchev–Trinajstić information content (AvgIpc) is 2.49. The minimum Gasteiger partial charge on any atom is -0.306 e. The van der Waals surface area contributed by atoms with Gasteiger partial charge in [0.15, 0.2) is 0 Å². The highest BCUT2D eigenvalue weighted by Gasteiger charge is 2.21. The summed E-state index contributed by atoms with van der Waals surface area (Å²) in [5, 5.41) is 1.29. The lowest BCUT2D eigenvalue weighted by Crippen LogP contribution is -2.30. The molecule has 2 rings (SSSR count). The number of likely N-dealkylation sites (tertiary alicyclic amines) is 1. The smallest absolute Gasteiger partial charge is 0.00161 e. The first-order valence-electron chi connectivity index (χ1n) is 7.92. The molecule has 21 heavy (non-hydrogen) atoms. The maximum atomic E-state index is 2.89. The normalized spacial score (nSPS) is 19.6. The summed E-state index contributed by atoms with van der Waals surface area (Å²) >= 11 is 0. The largest absolute Gasteiger partial charge is 0.306 e. The number of benzene rings is 1. The lowest BCUT2D eigenvalue weighted by Gasteiger charge is -2.31. The van der Waals surface area contributed by atoms with Gasteiger partial charge < -0.3 is 4.90 Å². The minimum atomic E-state index is 0.718. The fourth-order valence-corrected chi connectivity index (χ4v) is 3.60. The van der Waals surface area contributed by atoms with Crippen molar-refractivity contribution in [1.82, 2.24) is 4.90 Å². The van der Waals surface area contributed by atoms with E-state index in [9.17, 15) is 0 Å². The first-order chi connectivity index (χ1) is 10.0. The van der Waals surface area contributed by atoms with Crippen LogP contribution in [0.3, 0.4) is 0 Å². The highest BCUT2D eigenvalue weighted by Crippen LogP contribution is 2.34. The molecule has 114 valence electrons. The molecule has 1 aromatic carbocycles. The molecule has 1 aliphatic rings. The molecule has 0 aliphatic carbocycles. The number of rotatable bonds is 3. The van der Waals surface area contributed by atoms with Crippen LogP contribution < -0.4 is 5.30 Å². The summed E-state index contributed by atoms with van der Waals surface area (Å²) in [5.74, 6) is 0.718. The highest BCUT2D eigenvalue weighted by atomic mass is 31.0. The van der Waals surface area contributed by atoms with E-state index in [4.69, 9.17) is 0 Å². The van der Waals surface area contributed by atoms with Crippen LogP contribution in [0.5, 0.6) is 0 Å². The zero-order valence-electron chi connectivity index (χ0n) is 13.8. The van der Waals surface area contributed by atoms with E-state index >= 15 is 0 Å². The number of piperidine rings is 1. The van der Waals surface area contributed by atoms with Gasteiger partial charge in [-0.15, -0.1) is 9.24 Å². The van der Waals surface area contributed by atoms with Gasteiger partial charge in [0.25, 0.3) is 0 Å². The van der Waals surface area contributed by atoms with Crippen LogP contribution in [0.4, 0.5) is 0 Å². The predicted molar refractivity (Wildman–Crippen MR) is 98.0 cm³/mol. The molecule has 1 heterocycles. The van der Waals surface area contributed by atoms with Crippen molar-refractivity contribution in [2.75, 3.05) is 20.1 Å². The van der Waals surface area contributed by atoms with Crippen LogP contribution in [-0.4, -0.2) is 25.0 Å². The van der Waals surface area contributed by atoms with Crippen molar-refractivity contribution < 1.29 is 0 Å². The first kappa shape index (κ1) is 16.5. The average molecular weight is 301 g/mol. The van der Waals surface area contributed by atoms with Gasteiger partial charge in [-0.3, -0.25) is 0 Å². The Morgan fingerprint density at radius 1 is 1.19 bits per heavy atom. The predicted octanol–water partition coefficient (Wildman–Crippen LogP) is 4.27. The molecule has 0 bridgehead atoms. The van der Waals surface area contributed by atoms with Gasteiger partial charge in [0, 0.05) is 0 Å². The molecule has 1 saturated heterocycles. The lowest BCUT2D eigenvalue weighted by molar-refractivity contribution is 0.238. The number of nitrogens with zero attached hydrogens (tertiary/aromatic N) is 1. The van der Waals surface area contributed by atoms with E-state index in [-0.39, 0.29) is 0 Å². The van der Waals surface area contributed by atoms with Crippen LogP contribution in [0.1, 0.15) is 39.2 Å². The Hall–Kier alpha value is -0.910. The SMILES string of the molecule is C/C=C(C)/C(=C(\C)C1CCN(C)CC1)c1ccccc1P. The van der Waals surface area contributed by atoms with Crippen molar-refractivity contribution in [2.24, 2.45) is 5.92 Å². The molecule has 0 aromatic heterocycles. The van der Waals surface area contributed by atoms with Crippen LogP contribution in [0, 0.1) is 5.92 Å². The van der Waals surface area contributed by atoms with Crippen LogP contribution in [0.2, 0.25) is 0 Å². The first-order valence-corrected chi connectivity index (χ1v) is 8.49. The van der Waals surface area contributed by atoms with E-state index < -0.39 is 0 Å². The Balaban J connectivity index is 2.44. The third kappa shape index (κ3) is 3.84. The summed E-state index contributed by atoms with van der Waals surface area (Å²) in [6.45, 7) is 9.16. The fourth-order valence-electron chi connectivity index (χ4n) is 3.25. The van der Waals surface area contributed by atoms with Crippen molar-refractivity contribution in [3.05, 3.63) is 47.1 Å². The van der Waals surface area contributed by atoms with Crippen LogP contribution in [-0.2, 0) is 0 Å². The van der Waals surface area contributed by atoms with Gasteiger partial charge in [-0.25, -0.2) is 0 Å². The van der Waals surface area contributed by atoms with E-state index in [1.54, 1.807) is 5.57 Å². The summed E-state index contributed by atoms with van der Waals surface area (Å²) in [6.07, 6.45) is 4.80. The second-order valence-corrected chi connectivity index (χ2v) is 6.82. The molecule has 1 fully saturated rings. The molecule has 0 spiro atoms. The number of hydrogen-bond acceptors (Lipinski definition) is 1. The molecular formula is C19H28NP. The van der Waals surface area contributed by atoms with E-state index in [0.717, 1.165) is 5.92 Å². The summed E-state index contributed by atoms with van der Waals surface area (Å²) in [7, 11) is 5.12. The van der Waals surface area contributed by atoms with Gasteiger partial charge in [-0.1, -0.05) is 35.9 Å². The van der Waals surface area contributed by atoms with E-state index in [0.29, 0.717) is 0 Å². The molecule has 1 aliphatic heterocycles. The van der Waals surface area contributed by atoms with Gasteiger partial charge in [-0.2, -0.15) is 0 Å². The Labute approximate surface area is 132 Å². The van der Waals surface area contributed by atoms with E-state index in [1.165, 1.54) is 47.9 Å². The molecule has 2 heteroatoms. The van der Waals surface area contributed by atoms with Crippen molar-refractivity contribution in [2.45, 2.75) is 33.6 Å². The molecule has 1 atom stereocenters. The Bertz CT molecular complexity index is 548. The molecule has 1 unspecified atom stereocenters. The Kier molecular flexibility index (Phi) is 5.79. The molecule has 0 radical (unpaired) electrons. The summed E-state index contributed by atoms with van der Waals surface area (Å²) in [5.41, 5.74) is 5.78. The Morgan fingerprint density at radius 3 is 2.38 bits per heavy atom. The monoisotopic (exact) mass is 301 g/mol. The zero-order chi connectivity index (χ0) is 15.4. The van der Waals surface area contributed by atoms with Crippen molar-refractivity contribution >= 4 is 20.1 Å². The fraction of sp³-hybridized carbons (Fsp3) is 0.474. The molecule has 0 N–H and O–H groups in total. The third-order valence-electron chi connectivity index (χ3n) is 4.78. The molecule has 1 aromatic rings. The lowest BCUT2D eigenvalue weighted by atomic mass is 9.83. The maximum Gasteiger partial charge on any atom is -0.00161 e. The Morgan fingerprint density at radius 2 is 1.81 bits per heavy atom. The van der Waals surface area contributed by atoms with Crippen LogP contribution in [0.15, 0.2) is 41.5 Å². The summed E-state index contributed by atoms with van der Waals surface area (Å²) in [6, 6.07) is 8.70. The van der Waals surface area contributed by atoms with Crippen molar-refractivity contribution in [3.8, 4) is 0 Å². The second-order valence-electron chi connectivity index (χ2n) is 6.19. The quantitative estimate of drug-likeness (QED) is 0.595. The van der Waals surface area contributed by atoms with Gasteiger partial charge in [0.2, 0.25) is 0 Å². The zero-order valence-corrected chi connectivity index (χ0v) is 15.0. The van der Waals surface area contributed by atoms with Gasteiger partial charge in [0.1, 0.15) is 0 Å².